The number of carbonyl (C=O) groups is 1. The third kappa shape index (κ3) is 4.94. The number of hydrogen-bond acceptors (Lipinski definition) is 3. The lowest BCUT2D eigenvalue weighted by Crippen LogP contribution is -2.32. The first-order chi connectivity index (χ1) is 11.1. The lowest BCUT2D eigenvalue weighted by molar-refractivity contribution is -0.117. The molecule has 4 nitrogen and oxygen atoms in total. The quantitative estimate of drug-likeness (QED) is 0.890. The van der Waals surface area contributed by atoms with Gasteiger partial charge in [0.25, 0.3) is 0 Å². The lowest BCUT2D eigenvalue weighted by Gasteiger charge is -2.21. The number of nitriles is 1. The van der Waals surface area contributed by atoms with Crippen LogP contribution in [0.25, 0.3) is 0 Å². The van der Waals surface area contributed by atoms with Gasteiger partial charge in [-0.3, -0.25) is 9.69 Å². The van der Waals surface area contributed by atoms with Gasteiger partial charge in [0.05, 0.1) is 18.2 Å². The van der Waals surface area contributed by atoms with E-state index in [4.69, 9.17) is 5.26 Å². The van der Waals surface area contributed by atoms with Crippen LogP contribution in [0.4, 0.5) is 5.69 Å². The van der Waals surface area contributed by atoms with Crippen LogP contribution in [0.1, 0.15) is 23.6 Å². The zero-order valence-electron chi connectivity index (χ0n) is 13.5. The highest BCUT2D eigenvalue weighted by atomic mass is 16.2. The van der Waals surface area contributed by atoms with Crippen molar-refractivity contribution in [2.75, 3.05) is 18.4 Å². The van der Waals surface area contributed by atoms with Gasteiger partial charge in [0.2, 0.25) is 5.91 Å². The maximum Gasteiger partial charge on any atom is 0.238 e. The van der Waals surface area contributed by atoms with Crippen LogP contribution in [0.5, 0.6) is 0 Å². The van der Waals surface area contributed by atoms with Crippen molar-refractivity contribution in [3.8, 4) is 6.07 Å². The van der Waals surface area contributed by atoms with Gasteiger partial charge < -0.3 is 5.32 Å². The second-order valence-corrected chi connectivity index (χ2v) is 5.47. The minimum atomic E-state index is -0.0508. The summed E-state index contributed by atoms with van der Waals surface area (Å²) in [7, 11) is 0. The van der Waals surface area contributed by atoms with Crippen LogP contribution in [0, 0.1) is 18.3 Å². The molecule has 0 radical (unpaired) electrons. The van der Waals surface area contributed by atoms with Crippen LogP contribution in [-0.4, -0.2) is 23.9 Å². The summed E-state index contributed by atoms with van der Waals surface area (Å²) in [6.07, 6.45) is 0. The van der Waals surface area contributed by atoms with Crippen molar-refractivity contribution in [2.45, 2.75) is 20.4 Å². The van der Waals surface area contributed by atoms with Crippen molar-refractivity contribution < 1.29 is 4.79 Å². The molecule has 2 aromatic rings. The molecule has 4 heteroatoms. The van der Waals surface area contributed by atoms with E-state index in [0.717, 1.165) is 13.1 Å². The Labute approximate surface area is 137 Å². The van der Waals surface area contributed by atoms with Gasteiger partial charge in [0, 0.05) is 12.2 Å². The van der Waals surface area contributed by atoms with Gasteiger partial charge in [-0.05, 0) is 48.9 Å². The van der Waals surface area contributed by atoms with Crippen molar-refractivity contribution in [3.05, 3.63) is 65.2 Å². The van der Waals surface area contributed by atoms with Crippen LogP contribution in [-0.2, 0) is 11.3 Å². The molecule has 0 aromatic heterocycles. The summed E-state index contributed by atoms with van der Waals surface area (Å²) in [6.45, 7) is 6.02. The summed E-state index contributed by atoms with van der Waals surface area (Å²) in [5.74, 6) is -0.0508. The Bertz CT molecular complexity index is 701. The first-order valence-electron chi connectivity index (χ1n) is 7.69. The predicted molar refractivity (Wildman–Crippen MR) is 91.9 cm³/mol. The molecule has 0 saturated heterocycles. The van der Waals surface area contributed by atoms with E-state index < -0.39 is 0 Å². The van der Waals surface area contributed by atoms with Crippen molar-refractivity contribution in [3.63, 3.8) is 0 Å². The summed E-state index contributed by atoms with van der Waals surface area (Å²) in [5.41, 5.74) is 3.76. The average Bonchev–Trinajstić information content (AvgIpc) is 2.56. The Morgan fingerprint density at radius 2 is 1.87 bits per heavy atom. The van der Waals surface area contributed by atoms with E-state index >= 15 is 0 Å². The smallest absolute Gasteiger partial charge is 0.238 e. The summed E-state index contributed by atoms with van der Waals surface area (Å²) in [6, 6.07) is 17.2. The number of nitrogens with zero attached hydrogens (tertiary/aromatic N) is 2. The fourth-order valence-corrected chi connectivity index (χ4v) is 2.34. The second-order valence-electron chi connectivity index (χ2n) is 5.47. The molecule has 1 amide bonds. The topological polar surface area (TPSA) is 56.1 Å². The van der Waals surface area contributed by atoms with Crippen molar-refractivity contribution in [2.24, 2.45) is 0 Å². The molecule has 0 saturated carbocycles. The van der Waals surface area contributed by atoms with Gasteiger partial charge in [-0.2, -0.15) is 5.26 Å². The molecule has 1 N–H and O–H groups in total. The molecular formula is C19H21N3O. The molecule has 0 aliphatic rings. The number of nitrogens with one attached hydrogen (secondary N) is 1. The number of rotatable bonds is 6. The Morgan fingerprint density at radius 3 is 2.48 bits per heavy atom. The van der Waals surface area contributed by atoms with Crippen LogP contribution >= 0.6 is 0 Å². The molecule has 0 spiro atoms. The van der Waals surface area contributed by atoms with Crippen LogP contribution in [0.15, 0.2) is 48.5 Å². The van der Waals surface area contributed by atoms with E-state index in [-0.39, 0.29) is 5.91 Å². The number of amides is 1. The number of aryl methyl sites for hydroxylation is 1. The number of benzene rings is 2. The van der Waals surface area contributed by atoms with Crippen molar-refractivity contribution in [1.82, 2.24) is 4.90 Å². The first-order valence-corrected chi connectivity index (χ1v) is 7.69. The minimum Gasteiger partial charge on any atom is -0.325 e. The van der Waals surface area contributed by atoms with Gasteiger partial charge in [-0.1, -0.05) is 31.2 Å². The maximum atomic E-state index is 12.2. The minimum absolute atomic E-state index is 0.0508. The Morgan fingerprint density at radius 1 is 1.17 bits per heavy atom. The van der Waals surface area contributed by atoms with E-state index in [2.05, 4.69) is 35.3 Å². The fourth-order valence-electron chi connectivity index (χ4n) is 2.34. The molecule has 0 atom stereocenters. The second kappa shape index (κ2) is 8.11. The summed E-state index contributed by atoms with van der Waals surface area (Å²) < 4.78 is 0. The van der Waals surface area contributed by atoms with Gasteiger partial charge in [-0.15, -0.1) is 0 Å². The Balaban J connectivity index is 1.94. The van der Waals surface area contributed by atoms with Crippen LogP contribution < -0.4 is 5.32 Å². The molecule has 0 fully saturated rings. The number of likely N-dealkylation sites (N-methyl/N-ethyl adjacent to an activating group) is 1. The monoisotopic (exact) mass is 307 g/mol. The van der Waals surface area contributed by atoms with E-state index in [1.54, 1.807) is 24.3 Å². The molecule has 0 unspecified atom stereocenters. The summed E-state index contributed by atoms with van der Waals surface area (Å²) in [5, 5.41) is 11.6. The van der Waals surface area contributed by atoms with E-state index in [0.29, 0.717) is 17.8 Å². The van der Waals surface area contributed by atoms with Crippen molar-refractivity contribution >= 4 is 11.6 Å². The zero-order valence-corrected chi connectivity index (χ0v) is 13.5. The first kappa shape index (κ1) is 16.7. The van der Waals surface area contributed by atoms with E-state index in [9.17, 15) is 4.79 Å². The Hall–Kier alpha value is -2.64. The number of carbonyl (C=O) groups excluding carboxylic acids is 1. The molecule has 23 heavy (non-hydrogen) atoms. The third-order valence-corrected chi connectivity index (χ3v) is 3.77. The van der Waals surface area contributed by atoms with E-state index in [1.807, 2.05) is 19.1 Å². The van der Waals surface area contributed by atoms with Crippen molar-refractivity contribution in [1.29, 1.82) is 5.26 Å². The van der Waals surface area contributed by atoms with E-state index in [1.165, 1.54) is 11.1 Å². The Kier molecular flexibility index (Phi) is 5.90. The predicted octanol–water partition coefficient (Wildman–Crippen LogP) is 3.33. The average molecular weight is 307 g/mol. The number of anilines is 1. The van der Waals surface area contributed by atoms with Gasteiger partial charge in [0.15, 0.2) is 0 Å². The van der Waals surface area contributed by atoms with Crippen LogP contribution in [0.2, 0.25) is 0 Å². The zero-order chi connectivity index (χ0) is 16.7. The molecule has 2 rings (SSSR count). The molecule has 0 heterocycles. The highest BCUT2D eigenvalue weighted by Crippen LogP contribution is 2.11. The molecule has 2 aromatic carbocycles. The summed E-state index contributed by atoms with van der Waals surface area (Å²) >= 11 is 0. The van der Waals surface area contributed by atoms with Crippen LogP contribution in [0.3, 0.4) is 0 Å². The van der Waals surface area contributed by atoms with Gasteiger partial charge in [-0.25, -0.2) is 0 Å². The number of hydrogen-bond donors (Lipinski definition) is 1. The SMILES string of the molecule is CCN(CC(=O)Nc1ccc(C#N)cc1)Cc1ccccc1C. The largest absolute Gasteiger partial charge is 0.325 e. The highest BCUT2D eigenvalue weighted by molar-refractivity contribution is 5.92. The fraction of sp³-hybridized carbons (Fsp3) is 0.263. The lowest BCUT2D eigenvalue weighted by atomic mass is 10.1. The molecular weight excluding hydrogens is 286 g/mol. The van der Waals surface area contributed by atoms with Gasteiger partial charge in [0.1, 0.15) is 0 Å². The normalized spacial score (nSPS) is 10.3. The van der Waals surface area contributed by atoms with Gasteiger partial charge >= 0.3 is 0 Å². The highest BCUT2D eigenvalue weighted by Gasteiger charge is 2.11. The molecule has 0 bridgehead atoms. The summed E-state index contributed by atoms with van der Waals surface area (Å²) in [4.78, 5) is 14.3. The molecule has 118 valence electrons. The maximum absolute atomic E-state index is 12.2. The molecule has 0 aliphatic heterocycles. The molecule has 0 aliphatic carbocycles. The standard InChI is InChI=1S/C19H21N3O/c1-3-22(13-17-7-5-4-6-15(17)2)14-19(23)21-18-10-8-16(12-20)9-11-18/h4-11H,3,13-14H2,1-2H3,(H,21,23). The third-order valence-electron chi connectivity index (χ3n) is 3.77.